The Balaban J connectivity index is 1.31. The summed E-state index contributed by atoms with van der Waals surface area (Å²) in [5.41, 5.74) is 4.20. The van der Waals surface area contributed by atoms with Crippen LogP contribution in [0.5, 0.6) is 11.5 Å². The van der Waals surface area contributed by atoms with Gasteiger partial charge in [-0.05, 0) is 137 Å². The van der Waals surface area contributed by atoms with Crippen molar-refractivity contribution in [2.24, 2.45) is 23.7 Å². The highest BCUT2D eigenvalue weighted by atomic mass is 16.8. The molecule has 5 aliphatic rings. The van der Waals surface area contributed by atoms with E-state index in [2.05, 4.69) is 58.1 Å². The lowest BCUT2D eigenvalue weighted by Gasteiger charge is -2.61. The van der Waals surface area contributed by atoms with Gasteiger partial charge < -0.3 is 29.4 Å². The van der Waals surface area contributed by atoms with Gasteiger partial charge in [-0.2, -0.15) is 5.10 Å². The Kier molecular flexibility index (Phi) is 9.54. The van der Waals surface area contributed by atoms with Gasteiger partial charge in [0.2, 0.25) is 0 Å². The van der Waals surface area contributed by atoms with Gasteiger partial charge in [0.05, 0.1) is 42.3 Å². The van der Waals surface area contributed by atoms with Gasteiger partial charge in [-0.25, -0.2) is 4.68 Å². The maximum atomic E-state index is 14.8. The van der Waals surface area contributed by atoms with Gasteiger partial charge in [-0.3, -0.25) is 4.79 Å². The maximum Gasteiger partial charge on any atom is 0.272 e. The van der Waals surface area contributed by atoms with E-state index in [1.807, 2.05) is 28.9 Å². The molecule has 0 spiro atoms. The zero-order valence-corrected chi connectivity index (χ0v) is 30.8. The largest absolute Gasteiger partial charge is 0.496 e. The molecule has 2 aromatic carbocycles. The molecule has 2 atom stereocenters. The number of nitrogens with one attached hydrogen (secondary N) is 1. The normalized spacial score (nSPS) is 28.3. The number of hydrogen-bond donors (Lipinski definition) is 2. The quantitative estimate of drug-likeness (QED) is 0.142. The second-order valence-corrected chi connectivity index (χ2v) is 16.4. The minimum Gasteiger partial charge on any atom is -0.496 e. The lowest BCUT2D eigenvalue weighted by atomic mass is 9.47. The Bertz CT molecular complexity index is 1660. The van der Waals surface area contributed by atoms with E-state index in [-0.39, 0.29) is 36.4 Å². The number of aromatic nitrogens is 2. The number of aliphatic hydroxyl groups is 1. The fourth-order valence-electron chi connectivity index (χ4n) is 9.65. The molecule has 2 heterocycles. The van der Waals surface area contributed by atoms with E-state index >= 15 is 0 Å². The molecule has 1 aromatic heterocycles. The predicted octanol–water partition coefficient (Wildman–Crippen LogP) is 7.46. The molecule has 9 nitrogen and oxygen atoms in total. The Labute approximate surface area is 297 Å². The number of hydrogen-bond acceptors (Lipinski definition) is 7. The van der Waals surface area contributed by atoms with E-state index < -0.39 is 5.54 Å². The van der Waals surface area contributed by atoms with Crippen molar-refractivity contribution < 1.29 is 28.8 Å². The number of carbonyl (C=O) groups excluding carboxylic acids is 1. The summed E-state index contributed by atoms with van der Waals surface area (Å²) in [6.45, 7) is 10.7. The highest BCUT2D eigenvalue weighted by molar-refractivity contribution is 5.95. The third-order valence-corrected chi connectivity index (χ3v) is 11.7. The van der Waals surface area contributed by atoms with E-state index in [1.54, 1.807) is 14.2 Å². The van der Waals surface area contributed by atoms with Gasteiger partial charge in [-0.1, -0.05) is 32.0 Å². The summed E-state index contributed by atoms with van der Waals surface area (Å²) in [6, 6.07) is 14.1. The molecule has 270 valence electrons. The van der Waals surface area contributed by atoms with Gasteiger partial charge >= 0.3 is 0 Å². The number of aryl methyl sites for hydroxylation is 1. The molecule has 9 heteroatoms. The Morgan fingerprint density at radius 2 is 1.66 bits per heavy atom. The number of methoxy groups -OCH3 is 2. The predicted molar refractivity (Wildman–Crippen MR) is 193 cm³/mol. The van der Waals surface area contributed by atoms with E-state index in [4.69, 9.17) is 24.0 Å². The standard InChI is InChI=1S/C41H55N3O6/c1-24(2)30-22-25(11-8-9-16-45)14-15-32(30)44-33(36-34(47-6)12-10-13-35(36)48-7)23-31(43-44)38(46)42-41(37-39(49-37)50-40(3,4)5)28-18-26-17-27(20-28)21-29(41)19-26/h10,12-15,22-24,26-29,37,39,45H,8-9,11,16-21H2,1-7H3,(H,42,46). The van der Waals surface area contributed by atoms with Crippen molar-refractivity contribution >= 4 is 5.91 Å². The van der Waals surface area contributed by atoms with Crippen LogP contribution >= 0.6 is 0 Å². The van der Waals surface area contributed by atoms with E-state index in [9.17, 15) is 9.90 Å². The summed E-state index contributed by atoms with van der Waals surface area (Å²) in [4.78, 5) is 14.8. The number of ether oxygens (including phenoxy) is 4. The van der Waals surface area contributed by atoms with Crippen LogP contribution in [0.3, 0.4) is 0 Å². The number of carbonyl (C=O) groups is 1. The number of nitrogens with zero attached hydrogens (tertiary/aromatic N) is 2. The van der Waals surface area contributed by atoms with Crippen LogP contribution < -0.4 is 14.8 Å². The number of amides is 1. The first kappa shape index (κ1) is 35.0. The molecule has 5 fully saturated rings. The minimum atomic E-state index is -0.494. The molecule has 2 unspecified atom stereocenters. The number of benzene rings is 2. The average molecular weight is 686 g/mol. The molecule has 1 aliphatic heterocycles. The summed E-state index contributed by atoms with van der Waals surface area (Å²) in [5, 5.41) is 18.1. The second kappa shape index (κ2) is 13.6. The van der Waals surface area contributed by atoms with Crippen LogP contribution in [-0.2, 0) is 15.9 Å². The number of aliphatic hydroxyl groups excluding tert-OH is 1. The topological polar surface area (TPSA) is 107 Å². The van der Waals surface area contributed by atoms with Crippen LogP contribution in [-0.4, -0.2) is 65.2 Å². The molecule has 8 rings (SSSR count). The smallest absolute Gasteiger partial charge is 0.272 e. The van der Waals surface area contributed by atoms with Crippen LogP contribution in [0.25, 0.3) is 16.9 Å². The third kappa shape index (κ3) is 6.46. The zero-order chi connectivity index (χ0) is 35.4. The first-order valence-electron chi connectivity index (χ1n) is 18.7. The van der Waals surface area contributed by atoms with Crippen molar-refractivity contribution in [3.05, 3.63) is 59.3 Å². The van der Waals surface area contributed by atoms with Gasteiger partial charge in [0, 0.05) is 6.61 Å². The number of epoxide rings is 1. The molecular formula is C41H55N3O6. The van der Waals surface area contributed by atoms with E-state index in [0.717, 1.165) is 79.3 Å². The fraction of sp³-hybridized carbons (Fsp3) is 0.610. The Hall–Kier alpha value is -3.40. The molecule has 1 saturated heterocycles. The molecular weight excluding hydrogens is 630 g/mol. The van der Waals surface area contributed by atoms with Crippen molar-refractivity contribution in [2.75, 3.05) is 20.8 Å². The Morgan fingerprint density at radius 3 is 2.24 bits per heavy atom. The van der Waals surface area contributed by atoms with Crippen molar-refractivity contribution in [3.8, 4) is 28.4 Å². The summed E-state index contributed by atoms with van der Waals surface area (Å²) in [6.07, 6.45) is 7.87. The van der Waals surface area contributed by atoms with Crippen molar-refractivity contribution in [1.29, 1.82) is 0 Å². The SMILES string of the molecule is COc1cccc(OC)c1-c1cc(C(=O)NC2(C3OC3OC(C)(C)C)C3CC4CC(C3)CC2C4)nn1-c1ccc(CCCCO)cc1C(C)C. The Morgan fingerprint density at radius 1 is 1.00 bits per heavy atom. The lowest BCUT2D eigenvalue weighted by molar-refractivity contribution is -0.0845. The second-order valence-electron chi connectivity index (χ2n) is 16.4. The minimum absolute atomic E-state index is 0.178. The summed E-state index contributed by atoms with van der Waals surface area (Å²) in [5.74, 6) is 3.43. The molecule has 4 aliphatic carbocycles. The summed E-state index contributed by atoms with van der Waals surface area (Å²) in [7, 11) is 3.30. The van der Waals surface area contributed by atoms with Crippen molar-refractivity contribution in [1.82, 2.24) is 15.1 Å². The van der Waals surface area contributed by atoms with Gasteiger partial charge in [0.15, 0.2) is 12.0 Å². The summed E-state index contributed by atoms with van der Waals surface area (Å²) >= 11 is 0. The van der Waals surface area contributed by atoms with Crippen LogP contribution in [0.2, 0.25) is 0 Å². The first-order chi connectivity index (χ1) is 23.9. The molecule has 0 radical (unpaired) electrons. The summed E-state index contributed by atoms with van der Waals surface area (Å²) < 4.78 is 26.4. The average Bonchev–Trinajstić information content (AvgIpc) is 3.69. The van der Waals surface area contributed by atoms with Crippen LogP contribution in [0.15, 0.2) is 42.5 Å². The fourth-order valence-corrected chi connectivity index (χ4v) is 9.65. The molecule has 1 amide bonds. The maximum absolute atomic E-state index is 14.8. The number of rotatable bonds is 13. The van der Waals surface area contributed by atoms with Crippen LogP contribution in [0.1, 0.15) is 107 Å². The van der Waals surface area contributed by atoms with Crippen molar-refractivity contribution in [2.45, 2.75) is 115 Å². The number of unbranched alkanes of at least 4 members (excludes halogenated alkanes) is 1. The highest BCUT2D eigenvalue weighted by Gasteiger charge is 2.68. The molecule has 2 N–H and O–H groups in total. The molecule has 4 bridgehead atoms. The lowest BCUT2D eigenvalue weighted by Crippen LogP contribution is -2.69. The zero-order valence-electron chi connectivity index (χ0n) is 30.8. The van der Waals surface area contributed by atoms with Crippen LogP contribution in [0, 0.1) is 23.7 Å². The van der Waals surface area contributed by atoms with Crippen molar-refractivity contribution in [3.63, 3.8) is 0 Å². The van der Waals surface area contributed by atoms with Crippen LogP contribution in [0.4, 0.5) is 0 Å². The van der Waals surface area contributed by atoms with E-state index in [1.165, 1.54) is 12.0 Å². The first-order valence-corrected chi connectivity index (χ1v) is 18.7. The monoisotopic (exact) mass is 685 g/mol. The molecule has 4 saturated carbocycles. The van der Waals surface area contributed by atoms with E-state index in [0.29, 0.717) is 29.0 Å². The van der Waals surface area contributed by atoms with Gasteiger partial charge in [0.25, 0.3) is 5.91 Å². The molecule has 3 aromatic rings. The van der Waals surface area contributed by atoms with Gasteiger partial charge in [0.1, 0.15) is 17.6 Å². The molecule has 50 heavy (non-hydrogen) atoms. The third-order valence-electron chi connectivity index (χ3n) is 11.7. The highest BCUT2D eigenvalue weighted by Crippen LogP contribution is 2.62. The van der Waals surface area contributed by atoms with Gasteiger partial charge in [-0.15, -0.1) is 0 Å².